The highest BCUT2D eigenvalue weighted by molar-refractivity contribution is 5.83. The first kappa shape index (κ1) is 15.0. The van der Waals surface area contributed by atoms with Crippen molar-refractivity contribution in [3.8, 4) is 17.1 Å². The quantitative estimate of drug-likeness (QED) is 0.513. The van der Waals surface area contributed by atoms with E-state index in [1.807, 2.05) is 18.2 Å². The van der Waals surface area contributed by atoms with E-state index < -0.39 is 11.2 Å². The van der Waals surface area contributed by atoms with Crippen molar-refractivity contribution < 1.29 is 0 Å². The van der Waals surface area contributed by atoms with Gasteiger partial charge in [0, 0.05) is 12.7 Å². The molecule has 1 N–H and O–H groups in total. The van der Waals surface area contributed by atoms with Crippen LogP contribution >= 0.6 is 0 Å². The van der Waals surface area contributed by atoms with Crippen LogP contribution in [-0.2, 0) is 7.05 Å². The molecule has 8 heteroatoms. The van der Waals surface area contributed by atoms with Crippen LogP contribution in [0.2, 0.25) is 0 Å². The van der Waals surface area contributed by atoms with Crippen LogP contribution in [0.15, 0.2) is 50.8 Å². The monoisotopic (exact) mass is 335 g/mol. The van der Waals surface area contributed by atoms with Crippen molar-refractivity contribution >= 4 is 11.0 Å². The number of hydrogen-bond donors (Lipinski definition) is 1. The Kier molecular flexibility index (Phi) is 3.14. The zero-order chi connectivity index (χ0) is 17.7. The van der Waals surface area contributed by atoms with E-state index in [1.54, 1.807) is 23.6 Å². The number of fused-ring (bicyclic) bond motifs is 2. The van der Waals surface area contributed by atoms with Gasteiger partial charge in [-0.1, -0.05) is 18.2 Å². The third kappa shape index (κ3) is 2.18. The van der Waals surface area contributed by atoms with Gasteiger partial charge in [-0.2, -0.15) is 4.98 Å². The molecule has 4 rings (SSSR count). The zero-order valence-electron chi connectivity index (χ0n) is 13.5. The fraction of sp³-hybridized carbons (Fsp3) is 0.118. The molecule has 0 amide bonds. The highest BCUT2D eigenvalue weighted by atomic mass is 16.2. The van der Waals surface area contributed by atoms with E-state index in [0.717, 1.165) is 4.57 Å². The summed E-state index contributed by atoms with van der Waals surface area (Å²) in [6, 6.07) is 10.5. The lowest BCUT2D eigenvalue weighted by Crippen LogP contribution is -2.36. The Labute approximate surface area is 140 Å². The van der Waals surface area contributed by atoms with Gasteiger partial charge in [0.25, 0.3) is 11.1 Å². The third-order valence-electron chi connectivity index (χ3n) is 4.04. The molecule has 0 saturated carbocycles. The number of para-hydroxylation sites is 1. The maximum atomic E-state index is 12.5. The van der Waals surface area contributed by atoms with Gasteiger partial charge in [0.05, 0.1) is 10.9 Å². The van der Waals surface area contributed by atoms with Crippen LogP contribution in [0.3, 0.4) is 0 Å². The molecule has 1 aromatic heterocycles. The molecule has 8 nitrogen and oxygen atoms in total. The van der Waals surface area contributed by atoms with Crippen molar-refractivity contribution in [3.05, 3.63) is 73.4 Å². The summed E-state index contributed by atoms with van der Waals surface area (Å²) in [6.07, 6.45) is 0. The second-order valence-electron chi connectivity index (χ2n) is 5.70. The van der Waals surface area contributed by atoms with Crippen LogP contribution < -0.4 is 16.8 Å². The summed E-state index contributed by atoms with van der Waals surface area (Å²) in [7, 11) is 1.35. The first-order chi connectivity index (χ1) is 12.0. The number of rotatable bonds is 1. The van der Waals surface area contributed by atoms with Crippen LogP contribution in [0.25, 0.3) is 28.1 Å². The Morgan fingerprint density at radius 2 is 1.76 bits per heavy atom. The number of nitrogens with zero attached hydrogens (tertiary/aromatic N) is 4. The number of benzene rings is 1. The van der Waals surface area contributed by atoms with E-state index in [1.165, 1.54) is 13.1 Å². The normalized spacial score (nSPS) is 11.3. The molecule has 0 fully saturated rings. The predicted octanol–water partition coefficient (Wildman–Crippen LogP) is 0.581. The fourth-order valence-corrected chi connectivity index (χ4v) is 2.83. The number of aromatic amines is 1. The topological polar surface area (TPSA) is 103 Å². The Morgan fingerprint density at radius 1 is 1.04 bits per heavy atom. The van der Waals surface area contributed by atoms with Crippen molar-refractivity contribution in [2.75, 3.05) is 0 Å². The minimum Gasteiger partial charge on any atom is -0.310 e. The Balaban J connectivity index is 2.35. The highest BCUT2D eigenvalue weighted by Gasteiger charge is 2.21. The molecule has 1 aromatic carbocycles. The average molecular weight is 335 g/mol. The summed E-state index contributed by atoms with van der Waals surface area (Å²) in [5.41, 5.74) is -0.377. The van der Waals surface area contributed by atoms with Crippen molar-refractivity contribution in [2.45, 2.75) is 6.92 Å². The van der Waals surface area contributed by atoms with E-state index in [4.69, 9.17) is 0 Å². The molecule has 0 bridgehead atoms. The van der Waals surface area contributed by atoms with Gasteiger partial charge in [-0.05, 0) is 25.1 Å². The van der Waals surface area contributed by atoms with Gasteiger partial charge in [-0.3, -0.25) is 18.7 Å². The lowest BCUT2D eigenvalue weighted by molar-refractivity contribution is 0.765. The summed E-state index contributed by atoms with van der Waals surface area (Å²) in [4.78, 5) is 48.1. The predicted molar refractivity (Wildman–Crippen MR) is 92.4 cm³/mol. The Hall–Kier alpha value is -3.55. The molecule has 0 unspecified atom stereocenters. The minimum absolute atomic E-state index is 0.171. The first-order valence-corrected chi connectivity index (χ1v) is 7.56. The smallest absolute Gasteiger partial charge is 0.310 e. The minimum atomic E-state index is -0.664. The summed E-state index contributed by atoms with van der Waals surface area (Å²) in [5, 5.41) is 0.250. The number of pyridine rings is 1. The molecular formula is C17H13N5O3. The van der Waals surface area contributed by atoms with Gasteiger partial charge in [0.15, 0.2) is 11.5 Å². The molecule has 0 saturated heterocycles. The Bertz CT molecular complexity index is 1270. The number of aromatic nitrogens is 5. The van der Waals surface area contributed by atoms with Crippen molar-refractivity contribution in [1.29, 1.82) is 0 Å². The molecule has 2 aromatic rings. The average Bonchev–Trinajstić information content (AvgIpc) is 2.59. The maximum Gasteiger partial charge on any atom is 0.352 e. The van der Waals surface area contributed by atoms with Gasteiger partial charge < -0.3 is 4.98 Å². The number of H-pyrrole nitrogens is 1. The van der Waals surface area contributed by atoms with Gasteiger partial charge in [0.1, 0.15) is 5.82 Å². The van der Waals surface area contributed by atoms with Crippen molar-refractivity contribution in [3.63, 3.8) is 0 Å². The number of aryl methyl sites for hydroxylation is 1. The lowest BCUT2D eigenvalue weighted by atomic mass is 10.1. The molecule has 0 spiro atoms. The molecule has 2 aliphatic heterocycles. The first-order valence-electron chi connectivity index (χ1n) is 7.56. The van der Waals surface area contributed by atoms with Gasteiger partial charge >= 0.3 is 5.69 Å². The molecule has 0 aliphatic carbocycles. The standard InChI is InChI=1S/C17H13N5O3/c1-9-18-13-11(15(23)19-9)8-12-14(20-17(25)21(2)16(12)24)22(13)10-6-4-3-5-7-10/h3-8H,1-2H3,(H,18,19,23). The SMILES string of the molecule is Cc1nc2c(cc3c(=O)n(C)c(=O)nc-3n2-c2ccccc2)c(=O)[nH]1. The third-order valence-corrected chi connectivity index (χ3v) is 4.04. The zero-order valence-corrected chi connectivity index (χ0v) is 13.5. The number of hydrogen-bond acceptors (Lipinski definition) is 5. The van der Waals surface area contributed by atoms with Gasteiger partial charge in [0.2, 0.25) is 0 Å². The largest absolute Gasteiger partial charge is 0.352 e. The summed E-state index contributed by atoms with van der Waals surface area (Å²) in [5.74, 6) is 0.594. The van der Waals surface area contributed by atoms with Crippen LogP contribution in [0, 0.1) is 6.92 Å². The second kappa shape index (κ2) is 5.23. The molecular weight excluding hydrogens is 322 g/mol. The molecule has 124 valence electrons. The maximum absolute atomic E-state index is 12.5. The van der Waals surface area contributed by atoms with E-state index in [0.29, 0.717) is 17.2 Å². The molecule has 25 heavy (non-hydrogen) atoms. The second-order valence-corrected chi connectivity index (χ2v) is 5.70. The van der Waals surface area contributed by atoms with Crippen LogP contribution in [0.4, 0.5) is 0 Å². The van der Waals surface area contributed by atoms with Gasteiger partial charge in [-0.25, -0.2) is 9.78 Å². The fourth-order valence-electron chi connectivity index (χ4n) is 2.83. The summed E-state index contributed by atoms with van der Waals surface area (Å²) < 4.78 is 2.48. The number of nitrogens with one attached hydrogen (secondary N) is 1. The van der Waals surface area contributed by atoms with E-state index in [-0.39, 0.29) is 22.3 Å². The van der Waals surface area contributed by atoms with Crippen molar-refractivity contribution in [1.82, 2.24) is 24.1 Å². The molecule has 0 atom stereocenters. The lowest BCUT2D eigenvalue weighted by Gasteiger charge is -2.17. The van der Waals surface area contributed by atoms with Crippen molar-refractivity contribution in [2.24, 2.45) is 7.05 Å². The van der Waals surface area contributed by atoms with E-state index >= 15 is 0 Å². The highest BCUT2D eigenvalue weighted by Crippen LogP contribution is 2.24. The molecule has 0 radical (unpaired) electrons. The molecule has 2 aliphatic rings. The van der Waals surface area contributed by atoms with Crippen LogP contribution in [-0.4, -0.2) is 24.1 Å². The summed E-state index contributed by atoms with van der Waals surface area (Å²) in [6.45, 7) is 1.66. The summed E-state index contributed by atoms with van der Waals surface area (Å²) >= 11 is 0. The van der Waals surface area contributed by atoms with Gasteiger partial charge in [-0.15, -0.1) is 0 Å². The Morgan fingerprint density at radius 3 is 2.48 bits per heavy atom. The molecule has 3 heterocycles. The van der Waals surface area contributed by atoms with E-state index in [2.05, 4.69) is 15.0 Å². The van der Waals surface area contributed by atoms with E-state index in [9.17, 15) is 14.4 Å². The van der Waals surface area contributed by atoms with Crippen LogP contribution in [0.1, 0.15) is 5.82 Å². The van der Waals surface area contributed by atoms with Crippen LogP contribution in [0.5, 0.6) is 0 Å².